The Morgan fingerprint density at radius 3 is 2.24 bits per heavy atom. The van der Waals surface area contributed by atoms with Crippen molar-refractivity contribution in [3.05, 3.63) is 95.1 Å². The first-order valence-corrected chi connectivity index (χ1v) is 9.17. The summed E-state index contributed by atoms with van der Waals surface area (Å²) >= 11 is 0. The van der Waals surface area contributed by atoms with Gasteiger partial charge in [-0.3, -0.25) is 4.79 Å². The lowest BCUT2D eigenvalue weighted by Gasteiger charge is -2.13. The van der Waals surface area contributed by atoms with Crippen LogP contribution < -0.4 is 10.6 Å². The highest BCUT2D eigenvalue weighted by Gasteiger charge is 2.16. The molecule has 1 amide bonds. The molecule has 0 unspecified atom stereocenters. The van der Waals surface area contributed by atoms with Crippen LogP contribution in [0.2, 0.25) is 0 Å². The Hall–Kier alpha value is -4.04. The molecule has 3 aromatic rings. The molecule has 0 spiro atoms. The fraction of sp³-hybridized carbons (Fsp3) is 0.0833. The second-order valence-corrected chi connectivity index (χ2v) is 6.21. The average molecular weight is 384 g/mol. The van der Waals surface area contributed by atoms with E-state index in [9.17, 15) is 14.7 Å². The molecule has 3 rings (SSSR count). The molecule has 0 bridgehead atoms. The Bertz CT molecular complexity index is 1100. The molecule has 29 heavy (non-hydrogen) atoms. The van der Waals surface area contributed by atoms with Crippen LogP contribution in [0.1, 0.15) is 38.8 Å². The van der Waals surface area contributed by atoms with Gasteiger partial charge in [-0.05, 0) is 49.4 Å². The van der Waals surface area contributed by atoms with E-state index in [1.54, 1.807) is 30.3 Å². The van der Waals surface area contributed by atoms with Gasteiger partial charge in [0.05, 0.1) is 16.8 Å². The summed E-state index contributed by atoms with van der Waals surface area (Å²) < 4.78 is 0. The molecular weight excluding hydrogens is 364 g/mol. The van der Waals surface area contributed by atoms with E-state index >= 15 is 0 Å². The topological polar surface area (TPSA) is 78.4 Å². The average Bonchev–Trinajstić information content (AvgIpc) is 2.74. The maximum atomic E-state index is 12.9. The molecule has 0 atom stereocenters. The molecule has 3 N–H and O–H groups in total. The molecule has 0 aliphatic carbocycles. The van der Waals surface area contributed by atoms with Crippen molar-refractivity contribution >= 4 is 23.3 Å². The molecule has 0 aliphatic heterocycles. The summed E-state index contributed by atoms with van der Waals surface area (Å²) in [5.41, 5.74) is 2.89. The van der Waals surface area contributed by atoms with E-state index in [1.807, 2.05) is 43.3 Å². The number of hydrogen-bond donors (Lipinski definition) is 3. The SMILES string of the molecule is CCNc1ccc(C#Cc2ccccc2)cc1C(=O)Nc1ccccc1C(=O)O. The number of carboxylic acids is 1. The number of carbonyl (C=O) groups excluding carboxylic acids is 1. The maximum absolute atomic E-state index is 12.9. The molecule has 0 aromatic heterocycles. The van der Waals surface area contributed by atoms with Gasteiger partial charge in [0.25, 0.3) is 5.91 Å². The summed E-state index contributed by atoms with van der Waals surface area (Å²) in [6, 6.07) is 21.2. The fourth-order valence-electron chi connectivity index (χ4n) is 2.79. The molecule has 0 aliphatic rings. The van der Waals surface area contributed by atoms with Crippen LogP contribution in [0.3, 0.4) is 0 Å². The zero-order valence-corrected chi connectivity index (χ0v) is 15.9. The minimum Gasteiger partial charge on any atom is -0.478 e. The van der Waals surface area contributed by atoms with Crippen LogP contribution in [0.15, 0.2) is 72.8 Å². The monoisotopic (exact) mass is 384 g/mol. The Morgan fingerprint density at radius 1 is 0.828 bits per heavy atom. The number of amides is 1. The minimum atomic E-state index is -1.10. The zero-order chi connectivity index (χ0) is 20.6. The Morgan fingerprint density at radius 2 is 1.52 bits per heavy atom. The third-order valence-corrected chi connectivity index (χ3v) is 4.16. The molecule has 0 radical (unpaired) electrons. The molecule has 5 heteroatoms. The largest absolute Gasteiger partial charge is 0.478 e. The van der Waals surface area contributed by atoms with E-state index in [0.29, 0.717) is 23.4 Å². The summed E-state index contributed by atoms with van der Waals surface area (Å²) in [6.07, 6.45) is 0. The van der Waals surface area contributed by atoms with Gasteiger partial charge in [0, 0.05) is 23.4 Å². The zero-order valence-electron chi connectivity index (χ0n) is 15.9. The number of aromatic carboxylic acids is 1. The summed E-state index contributed by atoms with van der Waals surface area (Å²) in [4.78, 5) is 24.3. The number of carboxylic acid groups (broad SMARTS) is 1. The first kappa shape index (κ1) is 19.7. The number of para-hydroxylation sites is 1. The minimum absolute atomic E-state index is 0.0332. The lowest BCUT2D eigenvalue weighted by Crippen LogP contribution is -2.17. The van der Waals surface area contributed by atoms with Gasteiger partial charge in [-0.1, -0.05) is 42.2 Å². The first-order chi connectivity index (χ1) is 14.1. The number of nitrogens with one attached hydrogen (secondary N) is 2. The van der Waals surface area contributed by atoms with Gasteiger partial charge in [0.15, 0.2) is 0 Å². The normalized spacial score (nSPS) is 9.83. The molecule has 0 heterocycles. The van der Waals surface area contributed by atoms with Gasteiger partial charge in [-0.2, -0.15) is 0 Å². The molecule has 3 aromatic carbocycles. The molecule has 5 nitrogen and oxygen atoms in total. The van der Waals surface area contributed by atoms with Crippen LogP contribution in [0.5, 0.6) is 0 Å². The quantitative estimate of drug-likeness (QED) is 0.567. The maximum Gasteiger partial charge on any atom is 0.337 e. The van der Waals surface area contributed by atoms with E-state index in [-0.39, 0.29) is 11.3 Å². The molecule has 0 saturated carbocycles. The van der Waals surface area contributed by atoms with Crippen LogP contribution in [0.25, 0.3) is 0 Å². The van der Waals surface area contributed by atoms with Crippen molar-refractivity contribution in [3.8, 4) is 11.8 Å². The Balaban J connectivity index is 1.93. The van der Waals surface area contributed by atoms with E-state index in [4.69, 9.17) is 0 Å². The molecular formula is C24H20N2O3. The standard InChI is InChI=1S/C24H20N2O3/c1-2-25-21-15-14-18(13-12-17-8-4-3-5-9-17)16-20(21)23(27)26-22-11-7-6-10-19(22)24(28)29/h3-11,14-16,25H,2H2,1H3,(H,26,27)(H,28,29). The lowest BCUT2D eigenvalue weighted by molar-refractivity contribution is 0.0698. The highest BCUT2D eigenvalue weighted by Crippen LogP contribution is 2.21. The van der Waals surface area contributed by atoms with E-state index in [0.717, 1.165) is 5.56 Å². The third kappa shape index (κ3) is 5.02. The van der Waals surface area contributed by atoms with E-state index in [2.05, 4.69) is 22.5 Å². The second-order valence-electron chi connectivity index (χ2n) is 6.21. The predicted molar refractivity (Wildman–Crippen MR) is 114 cm³/mol. The van der Waals surface area contributed by atoms with Crippen molar-refractivity contribution in [1.29, 1.82) is 0 Å². The van der Waals surface area contributed by atoms with E-state index < -0.39 is 11.9 Å². The highest BCUT2D eigenvalue weighted by atomic mass is 16.4. The first-order valence-electron chi connectivity index (χ1n) is 9.17. The third-order valence-electron chi connectivity index (χ3n) is 4.16. The molecule has 144 valence electrons. The van der Waals surface area contributed by atoms with Crippen LogP contribution in [0.4, 0.5) is 11.4 Å². The van der Waals surface area contributed by atoms with Crippen LogP contribution in [-0.4, -0.2) is 23.5 Å². The van der Waals surface area contributed by atoms with Crippen LogP contribution >= 0.6 is 0 Å². The van der Waals surface area contributed by atoms with Gasteiger partial charge < -0.3 is 15.7 Å². The van der Waals surface area contributed by atoms with Gasteiger partial charge in [0.2, 0.25) is 0 Å². The molecule has 0 saturated heterocycles. The number of rotatable bonds is 5. The van der Waals surface area contributed by atoms with Crippen LogP contribution in [-0.2, 0) is 0 Å². The van der Waals surface area contributed by atoms with E-state index in [1.165, 1.54) is 6.07 Å². The lowest BCUT2D eigenvalue weighted by atomic mass is 10.1. The Kier molecular flexibility index (Phi) is 6.29. The molecule has 0 fully saturated rings. The predicted octanol–water partition coefficient (Wildman–Crippen LogP) is 4.47. The fourth-order valence-corrected chi connectivity index (χ4v) is 2.79. The van der Waals surface area contributed by atoms with Gasteiger partial charge in [-0.15, -0.1) is 0 Å². The van der Waals surface area contributed by atoms with Gasteiger partial charge in [0.1, 0.15) is 0 Å². The van der Waals surface area contributed by atoms with Crippen molar-refractivity contribution in [2.45, 2.75) is 6.92 Å². The van der Waals surface area contributed by atoms with Crippen molar-refractivity contribution < 1.29 is 14.7 Å². The van der Waals surface area contributed by atoms with Gasteiger partial charge >= 0.3 is 5.97 Å². The highest BCUT2D eigenvalue weighted by molar-refractivity contribution is 6.10. The summed E-state index contributed by atoms with van der Waals surface area (Å²) in [5, 5.41) is 15.2. The smallest absolute Gasteiger partial charge is 0.337 e. The van der Waals surface area contributed by atoms with Crippen molar-refractivity contribution in [2.24, 2.45) is 0 Å². The summed E-state index contributed by atoms with van der Waals surface area (Å²) in [7, 11) is 0. The van der Waals surface area contributed by atoms with Crippen molar-refractivity contribution in [3.63, 3.8) is 0 Å². The number of hydrogen-bond acceptors (Lipinski definition) is 3. The Labute approximate surface area is 169 Å². The number of carbonyl (C=O) groups is 2. The second kappa shape index (κ2) is 9.25. The van der Waals surface area contributed by atoms with Crippen molar-refractivity contribution in [1.82, 2.24) is 0 Å². The van der Waals surface area contributed by atoms with Gasteiger partial charge in [-0.25, -0.2) is 4.79 Å². The summed E-state index contributed by atoms with van der Waals surface area (Å²) in [6.45, 7) is 2.57. The summed E-state index contributed by atoms with van der Waals surface area (Å²) in [5.74, 6) is 4.63. The number of benzene rings is 3. The number of anilines is 2. The van der Waals surface area contributed by atoms with Crippen molar-refractivity contribution in [2.75, 3.05) is 17.2 Å². The van der Waals surface area contributed by atoms with Crippen LogP contribution in [0, 0.1) is 11.8 Å².